The normalized spacial score (nSPS) is 21.8. The maximum absolute atomic E-state index is 12.5. The monoisotopic (exact) mass is 300 g/mol. The van der Waals surface area contributed by atoms with Crippen LogP contribution in [-0.4, -0.2) is 51.1 Å². The van der Waals surface area contributed by atoms with Gasteiger partial charge in [0.25, 0.3) is 0 Å². The van der Waals surface area contributed by atoms with Crippen molar-refractivity contribution in [3.63, 3.8) is 0 Å². The number of carbonyl (C=O) groups excluding carboxylic acids is 1. The van der Waals surface area contributed by atoms with Crippen molar-refractivity contribution in [2.24, 2.45) is 0 Å². The Balaban J connectivity index is 1.68. The summed E-state index contributed by atoms with van der Waals surface area (Å²) in [4.78, 5) is 15.9. The van der Waals surface area contributed by atoms with E-state index in [1.54, 1.807) is 11.0 Å². The maximum atomic E-state index is 12.5. The zero-order valence-corrected chi connectivity index (χ0v) is 12.8. The van der Waals surface area contributed by atoms with E-state index in [0.717, 1.165) is 5.69 Å². The fourth-order valence-electron chi connectivity index (χ4n) is 2.57. The van der Waals surface area contributed by atoms with E-state index in [9.17, 15) is 4.79 Å². The van der Waals surface area contributed by atoms with E-state index >= 15 is 0 Å². The van der Waals surface area contributed by atoms with Gasteiger partial charge in [0.15, 0.2) is 0 Å². The number of ether oxygens (including phenoxy) is 1. The Morgan fingerprint density at radius 2 is 2.09 bits per heavy atom. The molecule has 2 heterocycles. The molecule has 3 rings (SSSR count). The predicted octanol–water partition coefficient (Wildman–Crippen LogP) is 1.45. The average Bonchev–Trinajstić information content (AvgIpc) is 2.99. The minimum atomic E-state index is 0.0720. The molecule has 0 N–H and O–H groups in total. The van der Waals surface area contributed by atoms with Gasteiger partial charge in [0, 0.05) is 6.54 Å². The van der Waals surface area contributed by atoms with E-state index < -0.39 is 0 Å². The van der Waals surface area contributed by atoms with Gasteiger partial charge < -0.3 is 9.64 Å². The highest BCUT2D eigenvalue weighted by Gasteiger charge is 2.27. The quantitative estimate of drug-likeness (QED) is 0.861. The molecule has 1 saturated heterocycles. The van der Waals surface area contributed by atoms with E-state index in [0.29, 0.717) is 18.8 Å². The van der Waals surface area contributed by atoms with Crippen molar-refractivity contribution in [1.82, 2.24) is 19.9 Å². The number of para-hydroxylation sites is 1. The molecule has 1 fully saturated rings. The van der Waals surface area contributed by atoms with Gasteiger partial charge in [-0.25, -0.2) is 0 Å². The molecule has 2 aromatic rings. The SMILES string of the molecule is C[C@H]1CN(C(=O)Cc2cnn(-c3ccccc3)n2)[C@@H](C)CO1. The van der Waals surface area contributed by atoms with Crippen LogP contribution in [0.25, 0.3) is 5.69 Å². The number of aromatic nitrogens is 3. The predicted molar refractivity (Wildman–Crippen MR) is 81.7 cm³/mol. The third-order valence-electron chi connectivity index (χ3n) is 3.79. The molecule has 22 heavy (non-hydrogen) atoms. The number of rotatable bonds is 3. The minimum Gasteiger partial charge on any atom is -0.375 e. The second-order valence-electron chi connectivity index (χ2n) is 5.68. The lowest BCUT2D eigenvalue weighted by Crippen LogP contribution is -2.50. The van der Waals surface area contributed by atoms with Crippen LogP contribution in [0.4, 0.5) is 0 Å². The Morgan fingerprint density at radius 1 is 1.32 bits per heavy atom. The van der Waals surface area contributed by atoms with E-state index in [-0.39, 0.29) is 24.5 Å². The molecule has 0 saturated carbocycles. The van der Waals surface area contributed by atoms with Crippen LogP contribution >= 0.6 is 0 Å². The number of hydrogen-bond acceptors (Lipinski definition) is 4. The number of nitrogens with zero attached hydrogens (tertiary/aromatic N) is 4. The molecule has 6 heteroatoms. The summed E-state index contributed by atoms with van der Waals surface area (Å²) in [7, 11) is 0. The fourth-order valence-corrected chi connectivity index (χ4v) is 2.57. The Hall–Kier alpha value is -2.21. The molecular formula is C16H20N4O2. The summed E-state index contributed by atoms with van der Waals surface area (Å²) in [6.45, 7) is 5.21. The van der Waals surface area contributed by atoms with Gasteiger partial charge in [-0.2, -0.15) is 15.0 Å². The van der Waals surface area contributed by atoms with E-state index in [2.05, 4.69) is 10.2 Å². The molecule has 2 atom stereocenters. The molecule has 0 aliphatic carbocycles. The standard InChI is InChI=1S/C16H20N4O2/c1-12-11-22-13(2)10-19(12)16(21)8-14-9-17-20(18-14)15-6-4-3-5-7-15/h3-7,9,12-13H,8,10-11H2,1-2H3/t12-,13-/m0/s1. The van der Waals surface area contributed by atoms with Gasteiger partial charge in [0.1, 0.15) is 0 Å². The van der Waals surface area contributed by atoms with Gasteiger partial charge in [-0.3, -0.25) is 4.79 Å². The molecule has 0 bridgehead atoms. The van der Waals surface area contributed by atoms with Crippen molar-refractivity contribution in [2.75, 3.05) is 13.2 Å². The van der Waals surface area contributed by atoms with Crippen molar-refractivity contribution in [3.8, 4) is 5.69 Å². The van der Waals surface area contributed by atoms with Crippen molar-refractivity contribution in [3.05, 3.63) is 42.2 Å². The highest BCUT2D eigenvalue weighted by atomic mass is 16.5. The van der Waals surface area contributed by atoms with Crippen LogP contribution in [0, 0.1) is 0 Å². The van der Waals surface area contributed by atoms with E-state index in [1.165, 1.54) is 0 Å². The third-order valence-corrected chi connectivity index (χ3v) is 3.79. The maximum Gasteiger partial charge on any atom is 0.229 e. The summed E-state index contributed by atoms with van der Waals surface area (Å²) in [5.41, 5.74) is 1.56. The fraction of sp³-hybridized carbons (Fsp3) is 0.438. The van der Waals surface area contributed by atoms with Crippen LogP contribution in [-0.2, 0) is 16.0 Å². The molecule has 0 radical (unpaired) electrons. The van der Waals surface area contributed by atoms with Gasteiger partial charge in [0.05, 0.1) is 42.8 Å². The highest BCUT2D eigenvalue weighted by molar-refractivity contribution is 5.78. The van der Waals surface area contributed by atoms with Crippen LogP contribution in [0.5, 0.6) is 0 Å². The summed E-state index contributed by atoms with van der Waals surface area (Å²) in [6, 6.07) is 9.76. The molecule has 0 spiro atoms. The Morgan fingerprint density at radius 3 is 2.86 bits per heavy atom. The highest BCUT2D eigenvalue weighted by Crippen LogP contribution is 2.13. The van der Waals surface area contributed by atoms with Crippen molar-refractivity contribution in [1.29, 1.82) is 0 Å². The Bertz CT molecular complexity index is 641. The lowest BCUT2D eigenvalue weighted by molar-refractivity contribution is -0.142. The van der Waals surface area contributed by atoms with Crippen LogP contribution in [0.2, 0.25) is 0 Å². The number of benzene rings is 1. The first kappa shape index (κ1) is 14.7. The first-order valence-electron chi connectivity index (χ1n) is 7.51. The molecule has 1 aliphatic rings. The van der Waals surface area contributed by atoms with Gasteiger partial charge in [-0.05, 0) is 26.0 Å². The summed E-state index contributed by atoms with van der Waals surface area (Å²) in [6.07, 6.45) is 2.00. The topological polar surface area (TPSA) is 60.2 Å². The van der Waals surface area contributed by atoms with Gasteiger partial charge >= 0.3 is 0 Å². The smallest absolute Gasteiger partial charge is 0.229 e. The molecule has 1 aliphatic heterocycles. The average molecular weight is 300 g/mol. The Labute approximate surface area is 129 Å². The van der Waals surface area contributed by atoms with Crippen molar-refractivity contribution < 1.29 is 9.53 Å². The Kier molecular flexibility index (Phi) is 4.20. The molecule has 1 amide bonds. The number of morpholine rings is 1. The largest absolute Gasteiger partial charge is 0.375 e. The molecule has 0 unspecified atom stereocenters. The summed E-state index contributed by atoms with van der Waals surface area (Å²) >= 11 is 0. The van der Waals surface area contributed by atoms with Gasteiger partial charge in [0.2, 0.25) is 5.91 Å². The first-order chi connectivity index (χ1) is 10.6. The summed E-state index contributed by atoms with van der Waals surface area (Å²) in [5.74, 6) is 0.0720. The van der Waals surface area contributed by atoms with Crippen LogP contribution in [0.15, 0.2) is 36.5 Å². The minimum absolute atomic E-state index is 0.0720. The second kappa shape index (κ2) is 6.27. The summed E-state index contributed by atoms with van der Waals surface area (Å²) < 4.78 is 5.56. The van der Waals surface area contributed by atoms with Crippen LogP contribution < -0.4 is 0 Å². The molecular weight excluding hydrogens is 280 g/mol. The second-order valence-corrected chi connectivity index (χ2v) is 5.68. The zero-order valence-electron chi connectivity index (χ0n) is 12.8. The number of carbonyl (C=O) groups is 1. The molecule has 1 aromatic heterocycles. The van der Waals surface area contributed by atoms with Crippen LogP contribution in [0.3, 0.4) is 0 Å². The molecule has 1 aromatic carbocycles. The first-order valence-corrected chi connectivity index (χ1v) is 7.51. The molecule has 116 valence electrons. The van der Waals surface area contributed by atoms with E-state index in [1.807, 2.05) is 49.1 Å². The van der Waals surface area contributed by atoms with Gasteiger partial charge in [-0.15, -0.1) is 0 Å². The van der Waals surface area contributed by atoms with Crippen molar-refractivity contribution in [2.45, 2.75) is 32.4 Å². The molecule has 6 nitrogen and oxygen atoms in total. The summed E-state index contributed by atoms with van der Waals surface area (Å²) in [5, 5.41) is 8.61. The van der Waals surface area contributed by atoms with Crippen LogP contribution in [0.1, 0.15) is 19.5 Å². The number of amides is 1. The lowest BCUT2D eigenvalue weighted by atomic mass is 10.2. The third kappa shape index (κ3) is 3.17. The van der Waals surface area contributed by atoms with Gasteiger partial charge in [-0.1, -0.05) is 18.2 Å². The zero-order chi connectivity index (χ0) is 15.5. The van der Waals surface area contributed by atoms with E-state index in [4.69, 9.17) is 4.74 Å². The van der Waals surface area contributed by atoms with Crippen molar-refractivity contribution >= 4 is 5.91 Å². The number of hydrogen-bond donors (Lipinski definition) is 0. The lowest BCUT2D eigenvalue weighted by Gasteiger charge is -2.36.